The summed E-state index contributed by atoms with van der Waals surface area (Å²) in [6, 6.07) is 51.8. The molecule has 0 heteroatoms. The van der Waals surface area contributed by atoms with Crippen LogP contribution in [0.3, 0.4) is 0 Å². The molecule has 0 heterocycles. The van der Waals surface area contributed by atoms with E-state index in [-0.39, 0.29) is 5.41 Å². The Hall–Kier alpha value is -5.46. The van der Waals surface area contributed by atoms with E-state index in [9.17, 15) is 0 Å². The Balaban J connectivity index is 0.953. The van der Waals surface area contributed by atoms with Gasteiger partial charge in [-0.3, -0.25) is 0 Å². The van der Waals surface area contributed by atoms with Crippen molar-refractivity contribution in [1.82, 2.24) is 0 Å². The molecule has 0 saturated heterocycles. The first-order valence-electron chi connectivity index (χ1n) is 16.3. The minimum absolute atomic E-state index is 0.00846. The fourth-order valence-corrected chi connectivity index (χ4v) is 7.66. The van der Waals surface area contributed by atoms with Crippen molar-refractivity contribution in [3.05, 3.63) is 178 Å². The molecule has 0 spiro atoms. The van der Waals surface area contributed by atoms with Crippen LogP contribution in [0.25, 0.3) is 67.6 Å². The van der Waals surface area contributed by atoms with Crippen molar-refractivity contribution in [2.75, 3.05) is 0 Å². The van der Waals surface area contributed by atoms with Gasteiger partial charge in [-0.25, -0.2) is 0 Å². The van der Waals surface area contributed by atoms with Crippen LogP contribution >= 0.6 is 0 Å². The molecule has 9 rings (SSSR count). The molecule has 0 unspecified atom stereocenters. The van der Waals surface area contributed by atoms with E-state index in [1.54, 1.807) is 0 Å². The maximum Gasteiger partial charge on any atom is 0.0159 e. The lowest BCUT2D eigenvalue weighted by Crippen LogP contribution is -2.14. The van der Waals surface area contributed by atoms with Gasteiger partial charge in [-0.15, -0.1) is 0 Å². The van der Waals surface area contributed by atoms with Crippen LogP contribution < -0.4 is 0 Å². The zero-order valence-corrected chi connectivity index (χ0v) is 26.2. The van der Waals surface area contributed by atoms with Crippen molar-refractivity contribution in [2.45, 2.75) is 25.7 Å². The number of rotatable bonds is 4. The molecule has 0 radical (unpaired) electrons. The van der Waals surface area contributed by atoms with Crippen LogP contribution in [0.4, 0.5) is 0 Å². The van der Waals surface area contributed by atoms with Gasteiger partial charge in [0.15, 0.2) is 0 Å². The van der Waals surface area contributed by atoms with Gasteiger partial charge >= 0.3 is 0 Å². The third kappa shape index (κ3) is 4.44. The summed E-state index contributed by atoms with van der Waals surface area (Å²) in [5, 5.41) is 5.07. The minimum atomic E-state index is 0.00846. The smallest absolute Gasteiger partial charge is 0.0159 e. The second-order valence-corrected chi connectivity index (χ2v) is 13.5. The van der Waals surface area contributed by atoms with E-state index in [4.69, 9.17) is 0 Å². The summed E-state index contributed by atoms with van der Waals surface area (Å²) in [4.78, 5) is 0. The normalized spacial score (nSPS) is 14.4. The van der Waals surface area contributed by atoms with E-state index in [1.807, 2.05) is 0 Å². The van der Waals surface area contributed by atoms with Gasteiger partial charge in [0, 0.05) is 5.41 Å². The van der Waals surface area contributed by atoms with Crippen molar-refractivity contribution in [3.63, 3.8) is 0 Å². The van der Waals surface area contributed by atoms with Crippen molar-refractivity contribution in [1.29, 1.82) is 0 Å². The van der Waals surface area contributed by atoms with Gasteiger partial charge < -0.3 is 0 Å². The van der Waals surface area contributed by atoms with Crippen molar-refractivity contribution < 1.29 is 0 Å². The van der Waals surface area contributed by atoms with Crippen molar-refractivity contribution >= 4 is 45.3 Å². The monoisotopic (exact) mass is 586 g/mol. The fourth-order valence-electron chi connectivity index (χ4n) is 7.66. The molecule has 0 aliphatic heterocycles. The van der Waals surface area contributed by atoms with Crippen molar-refractivity contribution in [3.8, 4) is 22.3 Å². The van der Waals surface area contributed by atoms with Crippen LogP contribution in [0.15, 0.2) is 140 Å². The molecule has 0 N–H and O–H groups in total. The Bertz CT molecular complexity index is 2410. The summed E-state index contributed by atoms with van der Waals surface area (Å²) in [5.74, 6) is 0. The van der Waals surface area contributed by atoms with Crippen LogP contribution in [0.5, 0.6) is 0 Å². The maximum atomic E-state index is 2.41. The van der Waals surface area contributed by atoms with E-state index in [0.717, 1.165) is 6.42 Å². The molecule has 0 nitrogen and oxygen atoms in total. The molecule has 7 aromatic rings. The Morgan fingerprint density at radius 1 is 0.478 bits per heavy atom. The van der Waals surface area contributed by atoms with Gasteiger partial charge in [0.05, 0.1) is 0 Å². The summed E-state index contributed by atoms with van der Waals surface area (Å²) in [7, 11) is 0. The van der Waals surface area contributed by atoms with Gasteiger partial charge in [0.1, 0.15) is 0 Å². The third-order valence-corrected chi connectivity index (χ3v) is 10.3. The standard InChI is InChI=1S/C46H34/c1-46(2)44-10-6-5-9-42(44)43-22-21-40(29-45(43)46)38-19-17-34-23-30(13-15-36(34)25-38)11-12-31-14-16-37-26-39(20-18-35(37)24-31)41-27-32-7-3-4-8-33(32)28-41/h3-27,29H,28H2,1-2H3/b12-11+. The summed E-state index contributed by atoms with van der Waals surface area (Å²) in [6.07, 6.45) is 7.80. The summed E-state index contributed by atoms with van der Waals surface area (Å²) in [5.41, 5.74) is 16.0. The third-order valence-electron chi connectivity index (χ3n) is 10.3. The zero-order valence-electron chi connectivity index (χ0n) is 26.2. The van der Waals surface area contributed by atoms with E-state index < -0.39 is 0 Å². The second kappa shape index (κ2) is 10.3. The number of allylic oxidation sites excluding steroid dienone is 1. The minimum Gasteiger partial charge on any atom is -0.0619 e. The van der Waals surface area contributed by atoms with Crippen LogP contribution in [-0.4, -0.2) is 0 Å². The first kappa shape index (κ1) is 26.9. The molecule has 0 atom stereocenters. The van der Waals surface area contributed by atoms with Crippen LogP contribution in [0.2, 0.25) is 0 Å². The highest BCUT2D eigenvalue weighted by molar-refractivity contribution is 5.95. The van der Waals surface area contributed by atoms with Crippen molar-refractivity contribution in [2.24, 2.45) is 0 Å². The predicted octanol–water partition coefficient (Wildman–Crippen LogP) is 12.2. The number of fused-ring (bicyclic) bond motifs is 6. The first-order valence-corrected chi connectivity index (χ1v) is 16.3. The SMILES string of the molecule is CC1(C)c2ccccc2-c2ccc(-c3ccc4cc(/C=C/c5ccc6cc(C7=Cc8ccccc8C7)ccc6c5)ccc4c3)cc21. The van der Waals surface area contributed by atoms with E-state index in [0.29, 0.717) is 0 Å². The quantitative estimate of drug-likeness (QED) is 0.180. The lowest BCUT2D eigenvalue weighted by Gasteiger charge is -2.22. The summed E-state index contributed by atoms with van der Waals surface area (Å²) < 4.78 is 0. The lowest BCUT2D eigenvalue weighted by atomic mass is 9.81. The molecule has 2 aliphatic rings. The average molecular weight is 587 g/mol. The fraction of sp³-hybridized carbons (Fsp3) is 0.0870. The maximum absolute atomic E-state index is 2.41. The highest BCUT2D eigenvalue weighted by atomic mass is 14.4. The largest absolute Gasteiger partial charge is 0.0619 e. The molecule has 0 saturated carbocycles. The summed E-state index contributed by atoms with van der Waals surface area (Å²) >= 11 is 0. The van der Waals surface area contributed by atoms with Gasteiger partial charge in [-0.2, -0.15) is 0 Å². The van der Waals surface area contributed by atoms with Gasteiger partial charge in [0.2, 0.25) is 0 Å². The number of hydrogen-bond donors (Lipinski definition) is 0. The molecule has 46 heavy (non-hydrogen) atoms. The first-order chi connectivity index (χ1) is 22.5. The second-order valence-electron chi connectivity index (χ2n) is 13.5. The van der Waals surface area contributed by atoms with Gasteiger partial charge in [-0.1, -0.05) is 141 Å². The Morgan fingerprint density at radius 2 is 1.04 bits per heavy atom. The Morgan fingerprint density at radius 3 is 1.80 bits per heavy atom. The van der Waals surface area contributed by atoms with Gasteiger partial charge in [-0.05, 0) is 125 Å². The lowest BCUT2D eigenvalue weighted by molar-refractivity contribution is 0.660. The van der Waals surface area contributed by atoms with E-state index >= 15 is 0 Å². The molecule has 0 aromatic heterocycles. The molecule has 0 bridgehead atoms. The summed E-state index contributed by atoms with van der Waals surface area (Å²) in [6.45, 7) is 4.69. The highest BCUT2D eigenvalue weighted by Crippen LogP contribution is 2.49. The van der Waals surface area contributed by atoms with E-state index in [1.165, 1.54) is 88.3 Å². The topological polar surface area (TPSA) is 0 Å². The van der Waals surface area contributed by atoms with Crippen LogP contribution in [0.1, 0.15) is 52.8 Å². The molecule has 218 valence electrons. The molecular weight excluding hydrogens is 553 g/mol. The molecular formula is C46H34. The highest BCUT2D eigenvalue weighted by Gasteiger charge is 2.35. The molecule has 0 fully saturated rings. The van der Waals surface area contributed by atoms with Gasteiger partial charge in [0.25, 0.3) is 0 Å². The molecule has 2 aliphatic carbocycles. The molecule has 0 amide bonds. The number of benzene rings is 7. The van der Waals surface area contributed by atoms with Crippen LogP contribution in [0, 0.1) is 0 Å². The van der Waals surface area contributed by atoms with Crippen LogP contribution in [-0.2, 0) is 11.8 Å². The predicted molar refractivity (Wildman–Crippen MR) is 198 cm³/mol. The Labute approximate surface area is 271 Å². The zero-order chi connectivity index (χ0) is 30.8. The molecule has 7 aromatic carbocycles. The van der Waals surface area contributed by atoms with E-state index in [2.05, 4.69) is 172 Å². The number of hydrogen-bond acceptors (Lipinski definition) is 0. The average Bonchev–Trinajstić information content (AvgIpc) is 3.63. The Kier molecular flexibility index (Phi) is 6.02.